The number of benzene rings is 8. The maximum atomic E-state index is 6.96. The van der Waals surface area contributed by atoms with Crippen LogP contribution in [0.1, 0.15) is 0 Å². The van der Waals surface area contributed by atoms with E-state index in [0.29, 0.717) is 0 Å². The quantitative estimate of drug-likeness (QED) is 0.167. The van der Waals surface area contributed by atoms with Crippen molar-refractivity contribution >= 4 is 50.0 Å². The second-order valence-corrected chi connectivity index (χ2v) is 13.3. The lowest BCUT2D eigenvalue weighted by Gasteiger charge is -2.28. The molecule has 10 aromatic rings. The zero-order chi connectivity index (χ0) is 35.1. The highest BCUT2D eigenvalue weighted by Crippen LogP contribution is 2.46. The van der Waals surface area contributed by atoms with Crippen LogP contribution in [0.3, 0.4) is 0 Å². The van der Waals surface area contributed by atoms with Crippen molar-refractivity contribution in [1.82, 2.24) is 4.57 Å². The summed E-state index contributed by atoms with van der Waals surface area (Å²) in [6.07, 6.45) is 0. The van der Waals surface area contributed by atoms with Crippen LogP contribution in [0.25, 0.3) is 72.0 Å². The standard InChI is InChI=1S/C50H34N2O/c1-4-15-35(16-5-1)36-27-29-37(30-28-36)38-31-33-41(34-32-38)51(39-17-6-2-7-18-39)46-25-12-10-21-42(46)43-23-14-24-45-48-50(53-49(43)45)44-22-11-13-26-47(44)52(48)40-19-8-3-9-20-40/h1-34H. The molecule has 2 aromatic heterocycles. The van der Waals surface area contributed by atoms with Crippen molar-refractivity contribution in [1.29, 1.82) is 0 Å². The molecule has 0 unspecified atom stereocenters. The summed E-state index contributed by atoms with van der Waals surface area (Å²) >= 11 is 0. The molecule has 53 heavy (non-hydrogen) atoms. The fourth-order valence-corrected chi connectivity index (χ4v) is 7.74. The Morgan fingerprint density at radius 2 is 0.868 bits per heavy atom. The summed E-state index contributed by atoms with van der Waals surface area (Å²) < 4.78 is 9.29. The van der Waals surface area contributed by atoms with E-state index in [1.807, 2.05) is 0 Å². The zero-order valence-electron chi connectivity index (χ0n) is 28.9. The summed E-state index contributed by atoms with van der Waals surface area (Å²) in [6.45, 7) is 0. The highest BCUT2D eigenvalue weighted by Gasteiger charge is 2.23. The van der Waals surface area contributed by atoms with Gasteiger partial charge >= 0.3 is 0 Å². The van der Waals surface area contributed by atoms with E-state index in [4.69, 9.17) is 4.42 Å². The minimum Gasteiger partial charge on any atom is -0.453 e. The van der Waals surface area contributed by atoms with E-state index in [1.165, 1.54) is 22.3 Å². The summed E-state index contributed by atoms with van der Waals surface area (Å²) in [5, 5.41) is 2.18. The molecular weight excluding hydrogens is 645 g/mol. The zero-order valence-corrected chi connectivity index (χ0v) is 28.9. The van der Waals surface area contributed by atoms with Crippen LogP contribution in [0.5, 0.6) is 0 Å². The van der Waals surface area contributed by atoms with E-state index in [-0.39, 0.29) is 0 Å². The molecule has 3 nitrogen and oxygen atoms in total. The molecule has 0 spiro atoms. The Labute approximate surface area is 308 Å². The minimum absolute atomic E-state index is 0.877. The number of aromatic nitrogens is 1. The van der Waals surface area contributed by atoms with Crippen LogP contribution >= 0.6 is 0 Å². The van der Waals surface area contributed by atoms with Crippen molar-refractivity contribution in [2.75, 3.05) is 4.90 Å². The summed E-state index contributed by atoms with van der Waals surface area (Å²) in [5.41, 5.74) is 15.3. The molecule has 0 amide bonds. The highest BCUT2D eigenvalue weighted by atomic mass is 16.3. The second-order valence-electron chi connectivity index (χ2n) is 13.3. The molecule has 3 heteroatoms. The van der Waals surface area contributed by atoms with Crippen LogP contribution in [0, 0.1) is 0 Å². The first kappa shape index (κ1) is 30.7. The Morgan fingerprint density at radius 3 is 1.58 bits per heavy atom. The number of fused-ring (bicyclic) bond motifs is 5. The van der Waals surface area contributed by atoms with E-state index in [9.17, 15) is 0 Å². The number of hydrogen-bond acceptors (Lipinski definition) is 2. The monoisotopic (exact) mass is 678 g/mol. The number of nitrogens with zero attached hydrogens (tertiary/aromatic N) is 2. The predicted octanol–water partition coefficient (Wildman–Crippen LogP) is 14.0. The molecule has 0 radical (unpaired) electrons. The molecule has 2 heterocycles. The number of rotatable bonds is 7. The smallest absolute Gasteiger partial charge is 0.161 e. The molecule has 10 rings (SSSR count). The molecule has 0 bridgehead atoms. The predicted molar refractivity (Wildman–Crippen MR) is 222 cm³/mol. The average Bonchev–Trinajstić information content (AvgIpc) is 3.78. The molecule has 0 atom stereocenters. The van der Waals surface area contributed by atoms with Crippen molar-refractivity contribution in [3.8, 4) is 39.1 Å². The van der Waals surface area contributed by atoms with Crippen molar-refractivity contribution in [2.45, 2.75) is 0 Å². The topological polar surface area (TPSA) is 21.3 Å². The van der Waals surface area contributed by atoms with Crippen LogP contribution in [-0.2, 0) is 0 Å². The number of hydrogen-bond donors (Lipinski definition) is 0. The molecule has 250 valence electrons. The number of para-hydroxylation sites is 5. The largest absolute Gasteiger partial charge is 0.453 e. The van der Waals surface area contributed by atoms with Crippen LogP contribution in [0.15, 0.2) is 211 Å². The SMILES string of the molecule is c1ccc(-c2ccc(-c3ccc(N(c4ccccc4)c4ccccc4-c4cccc5c4oc4c6ccccc6n(-c6ccccc6)c54)cc3)cc2)cc1. The van der Waals surface area contributed by atoms with Crippen molar-refractivity contribution in [3.05, 3.63) is 206 Å². The van der Waals surface area contributed by atoms with E-state index in [0.717, 1.165) is 66.8 Å². The van der Waals surface area contributed by atoms with Crippen molar-refractivity contribution in [2.24, 2.45) is 0 Å². The van der Waals surface area contributed by atoms with Gasteiger partial charge in [0.2, 0.25) is 0 Å². The molecule has 0 aliphatic rings. The minimum atomic E-state index is 0.877. The van der Waals surface area contributed by atoms with Crippen LogP contribution in [0.4, 0.5) is 17.1 Å². The second kappa shape index (κ2) is 12.9. The van der Waals surface area contributed by atoms with Crippen LogP contribution < -0.4 is 4.90 Å². The maximum Gasteiger partial charge on any atom is 0.161 e. The van der Waals surface area contributed by atoms with Gasteiger partial charge in [-0.05, 0) is 82.9 Å². The average molecular weight is 679 g/mol. The third-order valence-corrected chi connectivity index (χ3v) is 10.2. The Morgan fingerprint density at radius 1 is 0.358 bits per heavy atom. The summed E-state index contributed by atoms with van der Waals surface area (Å²) in [4.78, 5) is 2.35. The van der Waals surface area contributed by atoms with Gasteiger partial charge in [0.25, 0.3) is 0 Å². The van der Waals surface area contributed by atoms with E-state index in [1.54, 1.807) is 0 Å². The summed E-state index contributed by atoms with van der Waals surface area (Å²) in [6, 6.07) is 73.1. The molecule has 0 fully saturated rings. The lowest BCUT2D eigenvalue weighted by molar-refractivity contribution is 0.674. The fourth-order valence-electron chi connectivity index (χ4n) is 7.74. The van der Waals surface area contributed by atoms with Gasteiger partial charge in [-0.2, -0.15) is 0 Å². The highest BCUT2D eigenvalue weighted by molar-refractivity contribution is 6.19. The van der Waals surface area contributed by atoms with Gasteiger partial charge < -0.3 is 13.9 Å². The van der Waals surface area contributed by atoms with Crippen LogP contribution in [0.2, 0.25) is 0 Å². The van der Waals surface area contributed by atoms with Gasteiger partial charge in [-0.3, -0.25) is 0 Å². The van der Waals surface area contributed by atoms with Gasteiger partial charge in [0.05, 0.1) is 11.2 Å². The van der Waals surface area contributed by atoms with Gasteiger partial charge in [0.1, 0.15) is 11.1 Å². The Bertz CT molecular complexity index is 2850. The summed E-state index contributed by atoms with van der Waals surface area (Å²) in [5.74, 6) is 0. The number of anilines is 3. The molecule has 0 saturated carbocycles. The van der Waals surface area contributed by atoms with Gasteiger partial charge in [-0.15, -0.1) is 0 Å². The van der Waals surface area contributed by atoms with Crippen molar-refractivity contribution in [3.63, 3.8) is 0 Å². The normalized spacial score (nSPS) is 11.4. The molecule has 0 saturated heterocycles. The maximum absolute atomic E-state index is 6.96. The van der Waals surface area contributed by atoms with Gasteiger partial charge in [0.15, 0.2) is 5.58 Å². The van der Waals surface area contributed by atoms with Gasteiger partial charge in [0, 0.05) is 39.0 Å². The van der Waals surface area contributed by atoms with Crippen LogP contribution in [-0.4, -0.2) is 4.57 Å². The van der Waals surface area contributed by atoms with Crippen molar-refractivity contribution < 1.29 is 4.42 Å². The fraction of sp³-hybridized carbons (Fsp3) is 0. The third kappa shape index (κ3) is 5.30. The van der Waals surface area contributed by atoms with E-state index in [2.05, 4.69) is 216 Å². The van der Waals surface area contributed by atoms with Gasteiger partial charge in [-0.25, -0.2) is 0 Å². The first-order valence-corrected chi connectivity index (χ1v) is 18.0. The first-order valence-electron chi connectivity index (χ1n) is 18.0. The molecule has 0 N–H and O–H groups in total. The number of furan rings is 1. The molecule has 0 aliphatic heterocycles. The Balaban J connectivity index is 1.11. The summed E-state index contributed by atoms with van der Waals surface area (Å²) in [7, 11) is 0. The lowest BCUT2D eigenvalue weighted by atomic mass is 9.98. The molecule has 8 aromatic carbocycles. The van der Waals surface area contributed by atoms with E-state index < -0.39 is 0 Å². The third-order valence-electron chi connectivity index (χ3n) is 10.2. The van der Waals surface area contributed by atoms with E-state index >= 15 is 0 Å². The van der Waals surface area contributed by atoms with Gasteiger partial charge in [-0.1, -0.05) is 146 Å². The lowest BCUT2D eigenvalue weighted by Crippen LogP contribution is -2.11. The Kier molecular flexibility index (Phi) is 7.47. The Hall–Kier alpha value is -7.10. The molecule has 0 aliphatic carbocycles. The molecular formula is C50H34N2O. The first-order chi connectivity index (χ1) is 26.3.